The molecule has 0 saturated carbocycles. The van der Waals surface area contributed by atoms with Crippen LogP contribution in [0.2, 0.25) is 0 Å². The van der Waals surface area contributed by atoms with Gasteiger partial charge in [-0.25, -0.2) is 9.97 Å². The van der Waals surface area contributed by atoms with Gasteiger partial charge in [0.15, 0.2) is 5.82 Å². The van der Waals surface area contributed by atoms with E-state index >= 15 is 0 Å². The number of nitrogen functional groups attached to an aromatic ring is 1. The number of aromatic nitrogens is 2. The molecular formula is C13H16IN3S. The fourth-order valence-corrected chi connectivity index (χ4v) is 3.57. The Bertz CT molecular complexity index is 584. The smallest absolute Gasteiger partial charge is 0.172 e. The van der Waals surface area contributed by atoms with Crippen LogP contribution in [0.1, 0.15) is 32.0 Å². The highest BCUT2D eigenvalue weighted by Gasteiger charge is 2.23. The predicted molar refractivity (Wildman–Crippen MR) is 85.9 cm³/mol. The molecule has 2 N–H and O–H groups in total. The van der Waals surface area contributed by atoms with E-state index in [1.54, 1.807) is 11.3 Å². The van der Waals surface area contributed by atoms with Gasteiger partial charge in [0, 0.05) is 5.41 Å². The molecule has 0 atom stereocenters. The first-order valence-corrected chi connectivity index (χ1v) is 7.64. The van der Waals surface area contributed by atoms with Crippen molar-refractivity contribution in [3.8, 4) is 10.7 Å². The summed E-state index contributed by atoms with van der Waals surface area (Å²) in [7, 11) is 0. The predicted octanol–water partition coefficient (Wildman–Crippen LogP) is 4.00. The summed E-state index contributed by atoms with van der Waals surface area (Å²) in [5.41, 5.74) is 8.19. The highest BCUT2D eigenvalue weighted by atomic mass is 127. The molecule has 18 heavy (non-hydrogen) atoms. The lowest BCUT2D eigenvalue weighted by Crippen LogP contribution is -2.18. The minimum absolute atomic E-state index is 0.0342. The fourth-order valence-electron chi connectivity index (χ4n) is 1.66. The van der Waals surface area contributed by atoms with Gasteiger partial charge in [-0.05, 0) is 46.5 Å². The Morgan fingerprint density at radius 1 is 1.28 bits per heavy atom. The van der Waals surface area contributed by atoms with Crippen LogP contribution in [0.4, 0.5) is 5.82 Å². The summed E-state index contributed by atoms with van der Waals surface area (Å²) >= 11 is 3.88. The summed E-state index contributed by atoms with van der Waals surface area (Å²) in [4.78, 5) is 10.2. The monoisotopic (exact) mass is 373 g/mol. The van der Waals surface area contributed by atoms with Gasteiger partial charge in [0.1, 0.15) is 5.82 Å². The Morgan fingerprint density at radius 2 is 1.94 bits per heavy atom. The average Bonchev–Trinajstić information content (AvgIpc) is 2.66. The van der Waals surface area contributed by atoms with Crippen molar-refractivity contribution >= 4 is 39.7 Å². The van der Waals surface area contributed by atoms with Crippen LogP contribution >= 0.6 is 33.9 Å². The molecule has 0 aliphatic rings. The van der Waals surface area contributed by atoms with Crippen LogP contribution in [0, 0.1) is 10.5 Å². The van der Waals surface area contributed by atoms with Crippen LogP contribution in [0.25, 0.3) is 10.7 Å². The number of thiophene rings is 1. The Labute approximate surface area is 125 Å². The average molecular weight is 373 g/mol. The molecule has 2 aromatic rings. The first-order valence-electron chi connectivity index (χ1n) is 5.68. The number of halogens is 1. The van der Waals surface area contributed by atoms with Crippen molar-refractivity contribution in [2.24, 2.45) is 0 Å². The lowest BCUT2D eigenvalue weighted by Gasteiger charge is -2.20. The zero-order valence-electron chi connectivity index (χ0n) is 10.9. The molecule has 2 rings (SSSR count). The molecule has 3 nitrogen and oxygen atoms in total. The summed E-state index contributed by atoms with van der Waals surface area (Å²) < 4.78 is 0.957. The number of rotatable bonds is 1. The maximum atomic E-state index is 6.02. The molecular weight excluding hydrogens is 357 g/mol. The zero-order valence-corrected chi connectivity index (χ0v) is 13.9. The van der Waals surface area contributed by atoms with Crippen molar-refractivity contribution < 1.29 is 0 Å². The molecule has 0 unspecified atom stereocenters. The van der Waals surface area contributed by atoms with E-state index < -0.39 is 0 Å². The summed E-state index contributed by atoms with van der Waals surface area (Å²) in [5, 5.41) is 2.05. The zero-order chi connectivity index (χ0) is 13.5. The lowest BCUT2D eigenvalue weighted by atomic mass is 9.92. The number of nitrogens with zero attached hydrogens (tertiary/aromatic N) is 2. The second kappa shape index (κ2) is 4.77. The summed E-state index contributed by atoms with van der Waals surface area (Å²) in [5.74, 6) is 1.31. The summed E-state index contributed by atoms with van der Waals surface area (Å²) in [6.45, 7) is 8.49. The van der Waals surface area contributed by atoms with E-state index in [-0.39, 0.29) is 5.41 Å². The van der Waals surface area contributed by atoms with E-state index in [9.17, 15) is 0 Å². The van der Waals surface area contributed by atoms with E-state index in [2.05, 4.69) is 66.7 Å². The van der Waals surface area contributed by atoms with Gasteiger partial charge in [-0.3, -0.25) is 0 Å². The molecule has 0 spiro atoms. The first kappa shape index (κ1) is 13.7. The molecule has 96 valence electrons. The highest BCUT2D eigenvalue weighted by molar-refractivity contribution is 14.1. The Kier molecular flexibility index (Phi) is 3.64. The van der Waals surface area contributed by atoms with Crippen molar-refractivity contribution in [3.63, 3.8) is 0 Å². The van der Waals surface area contributed by atoms with Crippen LogP contribution in [0.3, 0.4) is 0 Å². The summed E-state index contributed by atoms with van der Waals surface area (Å²) in [6.07, 6.45) is 0. The third kappa shape index (κ3) is 2.51. The van der Waals surface area contributed by atoms with Gasteiger partial charge in [-0.2, -0.15) is 0 Å². The molecule has 2 aromatic heterocycles. The first-order chi connectivity index (χ1) is 8.30. The molecule has 0 aromatic carbocycles. The Hall–Kier alpha value is -0.690. The lowest BCUT2D eigenvalue weighted by molar-refractivity contribution is 0.564. The molecule has 0 amide bonds. The molecule has 0 radical (unpaired) electrons. The molecule has 0 fully saturated rings. The van der Waals surface area contributed by atoms with Crippen LogP contribution in [-0.2, 0) is 5.41 Å². The van der Waals surface area contributed by atoms with Gasteiger partial charge in [-0.15, -0.1) is 11.3 Å². The van der Waals surface area contributed by atoms with Crippen LogP contribution < -0.4 is 5.73 Å². The molecule has 0 saturated heterocycles. The maximum Gasteiger partial charge on any atom is 0.172 e. The van der Waals surface area contributed by atoms with Gasteiger partial charge in [-0.1, -0.05) is 20.8 Å². The van der Waals surface area contributed by atoms with E-state index in [0.29, 0.717) is 5.82 Å². The maximum absolute atomic E-state index is 6.02. The minimum atomic E-state index is -0.0342. The fraction of sp³-hybridized carbons (Fsp3) is 0.385. The number of aryl methyl sites for hydroxylation is 1. The standard InChI is InChI=1S/C13H16IN3S/c1-7-5-6-18-9(7)12-16-10(13(2,3)4)8(14)11(15)17-12/h5-6H,1-4H3,(H2,15,16,17). The highest BCUT2D eigenvalue weighted by Crippen LogP contribution is 2.33. The van der Waals surface area contributed by atoms with Gasteiger partial charge in [0.05, 0.1) is 14.1 Å². The van der Waals surface area contributed by atoms with E-state index in [1.165, 1.54) is 5.56 Å². The number of hydrogen-bond acceptors (Lipinski definition) is 4. The third-order valence-electron chi connectivity index (χ3n) is 2.65. The second-order valence-electron chi connectivity index (χ2n) is 5.28. The largest absolute Gasteiger partial charge is 0.383 e. The van der Waals surface area contributed by atoms with Crippen molar-refractivity contribution in [1.82, 2.24) is 9.97 Å². The molecule has 0 bridgehead atoms. The number of hydrogen-bond donors (Lipinski definition) is 1. The van der Waals surface area contributed by atoms with Crippen LogP contribution in [-0.4, -0.2) is 9.97 Å². The van der Waals surface area contributed by atoms with Crippen molar-refractivity contribution in [2.75, 3.05) is 5.73 Å². The van der Waals surface area contributed by atoms with Crippen molar-refractivity contribution in [1.29, 1.82) is 0 Å². The second-order valence-corrected chi connectivity index (χ2v) is 7.27. The molecule has 5 heteroatoms. The Balaban J connectivity index is 2.66. The van der Waals surface area contributed by atoms with Crippen LogP contribution in [0.15, 0.2) is 11.4 Å². The summed E-state index contributed by atoms with van der Waals surface area (Å²) in [6, 6.07) is 2.08. The van der Waals surface area contributed by atoms with Gasteiger partial charge in [0.2, 0.25) is 0 Å². The molecule has 0 aliphatic heterocycles. The quantitative estimate of drug-likeness (QED) is 0.769. The third-order valence-corrected chi connectivity index (χ3v) is 4.73. The Morgan fingerprint density at radius 3 is 2.44 bits per heavy atom. The topological polar surface area (TPSA) is 51.8 Å². The van der Waals surface area contributed by atoms with E-state index in [4.69, 9.17) is 10.7 Å². The minimum Gasteiger partial charge on any atom is -0.383 e. The van der Waals surface area contributed by atoms with Crippen molar-refractivity contribution in [3.05, 3.63) is 26.3 Å². The number of anilines is 1. The van der Waals surface area contributed by atoms with Gasteiger partial charge in [0.25, 0.3) is 0 Å². The SMILES string of the molecule is Cc1ccsc1-c1nc(N)c(I)c(C(C)(C)C)n1. The molecule has 2 heterocycles. The van der Waals surface area contributed by atoms with Gasteiger partial charge < -0.3 is 5.73 Å². The van der Waals surface area contributed by atoms with Crippen molar-refractivity contribution in [2.45, 2.75) is 33.1 Å². The van der Waals surface area contributed by atoms with Gasteiger partial charge >= 0.3 is 0 Å². The number of nitrogens with two attached hydrogens (primary N) is 1. The van der Waals surface area contributed by atoms with E-state index in [1.807, 2.05) is 0 Å². The molecule has 0 aliphatic carbocycles. The van der Waals surface area contributed by atoms with E-state index in [0.717, 1.165) is 20.0 Å². The normalized spacial score (nSPS) is 11.8. The van der Waals surface area contributed by atoms with Crippen LogP contribution in [0.5, 0.6) is 0 Å².